The van der Waals surface area contributed by atoms with Crippen LogP contribution in [0, 0.1) is 12.3 Å². The maximum atomic E-state index is 13.0. The molecule has 7 heteroatoms. The van der Waals surface area contributed by atoms with Gasteiger partial charge in [-0.1, -0.05) is 0 Å². The number of amides is 2. The molecule has 1 aromatic rings. The van der Waals surface area contributed by atoms with Crippen LogP contribution in [0.3, 0.4) is 0 Å². The molecule has 0 radical (unpaired) electrons. The molecule has 2 fully saturated rings. The van der Waals surface area contributed by atoms with Crippen molar-refractivity contribution >= 4 is 11.8 Å². The zero-order valence-corrected chi connectivity index (χ0v) is 15.5. The van der Waals surface area contributed by atoms with Crippen LogP contribution < -0.4 is 5.56 Å². The monoisotopic (exact) mass is 361 g/mol. The normalized spacial score (nSPS) is 23.6. The molecule has 7 nitrogen and oxygen atoms in total. The summed E-state index contributed by atoms with van der Waals surface area (Å²) in [6.07, 6.45) is 3.02. The molecule has 2 amide bonds. The van der Waals surface area contributed by atoms with Crippen molar-refractivity contribution in [3.63, 3.8) is 0 Å². The number of aliphatic hydroxyl groups excluding tert-OH is 1. The van der Waals surface area contributed by atoms with Gasteiger partial charge in [0.2, 0.25) is 5.91 Å². The summed E-state index contributed by atoms with van der Waals surface area (Å²) in [7, 11) is 1.67. The van der Waals surface area contributed by atoms with Crippen molar-refractivity contribution in [3.8, 4) is 0 Å². The van der Waals surface area contributed by atoms with Crippen molar-refractivity contribution in [2.75, 3.05) is 32.8 Å². The van der Waals surface area contributed by atoms with Crippen molar-refractivity contribution in [2.24, 2.45) is 12.5 Å². The third-order valence-corrected chi connectivity index (χ3v) is 5.85. The molecule has 26 heavy (non-hydrogen) atoms. The molecule has 3 rings (SSSR count). The van der Waals surface area contributed by atoms with Gasteiger partial charge >= 0.3 is 0 Å². The number of aliphatic hydroxyl groups is 1. The second-order valence-corrected chi connectivity index (χ2v) is 7.62. The zero-order chi connectivity index (χ0) is 18.9. The fraction of sp³-hybridized carbons (Fsp3) is 0.632. The maximum absolute atomic E-state index is 13.0. The number of nitrogens with zero attached hydrogens (tertiary/aromatic N) is 3. The number of aryl methyl sites for hydroxylation is 1. The average molecular weight is 361 g/mol. The highest BCUT2D eigenvalue weighted by molar-refractivity contribution is 5.94. The largest absolute Gasteiger partial charge is 0.395 e. The SMILES string of the molecule is Cc1ccc(C(=O)N2CCC[C@@]3(CCC(=O)N(CCO)C3)C2)c(=O)n1C. The molecule has 1 atom stereocenters. The number of carbonyl (C=O) groups excluding carboxylic acids is 2. The van der Waals surface area contributed by atoms with E-state index >= 15 is 0 Å². The predicted octanol–water partition coefficient (Wildman–Crippen LogP) is 0.531. The average Bonchev–Trinajstić information content (AvgIpc) is 2.63. The van der Waals surface area contributed by atoms with Gasteiger partial charge in [0.15, 0.2) is 0 Å². The van der Waals surface area contributed by atoms with E-state index in [0.717, 1.165) is 25.0 Å². The number of β-amino-alcohol motifs (C(OH)–C–C–N with tert-alkyl or cyclic N) is 1. The topological polar surface area (TPSA) is 82.9 Å². The number of aromatic nitrogens is 1. The van der Waals surface area contributed by atoms with Gasteiger partial charge in [0.25, 0.3) is 11.5 Å². The first-order valence-electron chi connectivity index (χ1n) is 9.21. The lowest BCUT2D eigenvalue weighted by Crippen LogP contribution is -2.55. The summed E-state index contributed by atoms with van der Waals surface area (Å²) in [4.78, 5) is 41.0. The molecule has 0 bridgehead atoms. The second-order valence-electron chi connectivity index (χ2n) is 7.62. The standard InChI is InChI=1S/C19H27N3O4/c1-14-4-5-15(17(25)20(14)2)18(26)22-9-3-7-19(13-22)8-6-16(24)21(12-19)10-11-23/h4-5,23H,3,6-13H2,1-2H3/t19-/m0/s1. The van der Waals surface area contributed by atoms with Crippen molar-refractivity contribution < 1.29 is 14.7 Å². The number of piperidine rings is 2. The van der Waals surface area contributed by atoms with E-state index in [1.807, 2.05) is 6.92 Å². The van der Waals surface area contributed by atoms with Gasteiger partial charge in [0.05, 0.1) is 6.61 Å². The van der Waals surface area contributed by atoms with Crippen LogP contribution in [-0.4, -0.2) is 64.1 Å². The Hall–Kier alpha value is -2.15. The Balaban J connectivity index is 1.80. The number of likely N-dealkylation sites (tertiary alicyclic amines) is 2. The molecule has 0 saturated carbocycles. The first-order valence-corrected chi connectivity index (χ1v) is 9.21. The Labute approximate surface area is 153 Å². The summed E-state index contributed by atoms with van der Waals surface area (Å²) in [6, 6.07) is 3.40. The summed E-state index contributed by atoms with van der Waals surface area (Å²) in [5, 5.41) is 9.20. The molecule has 2 saturated heterocycles. The van der Waals surface area contributed by atoms with Gasteiger partial charge in [-0.05, 0) is 38.3 Å². The van der Waals surface area contributed by atoms with E-state index in [9.17, 15) is 19.5 Å². The van der Waals surface area contributed by atoms with Crippen LogP contribution in [0.5, 0.6) is 0 Å². The summed E-state index contributed by atoms with van der Waals surface area (Å²) >= 11 is 0. The van der Waals surface area contributed by atoms with Crippen LogP contribution in [0.15, 0.2) is 16.9 Å². The Kier molecular flexibility index (Phi) is 5.18. The van der Waals surface area contributed by atoms with Gasteiger partial charge in [0.1, 0.15) is 5.56 Å². The highest BCUT2D eigenvalue weighted by Crippen LogP contribution is 2.39. The molecule has 2 aliphatic heterocycles. The van der Waals surface area contributed by atoms with Crippen LogP contribution in [0.2, 0.25) is 0 Å². The molecule has 2 aliphatic rings. The minimum absolute atomic E-state index is 0.0517. The van der Waals surface area contributed by atoms with E-state index < -0.39 is 0 Å². The predicted molar refractivity (Wildman–Crippen MR) is 96.9 cm³/mol. The molecular weight excluding hydrogens is 334 g/mol. The molecule has 142 valence electrons. The number of hydrogen-bond acceptors (Lipinski definition) is 4. The Bertz CT molecular complexity index is 773. The van der Waals surface area contributed by atoms with Crippen molar-refractivity contribution in [1.82, 2.24) is 14.4 Å². The first-order chi connectivity index (χ1) is 12.4. The molecule has 1 aromatic heterocycles. The summed E-state index contributed by atoms with van der Waals surface area (Å²) in [6.45, 7) is 3.88. The van der Waals surface area contributed by atoms with Gasteiger partial charge in [-0.3, -0.25) is 14.4 Å². The Morgan fingerprint density at radius 3 is 2.73 bits per heavy atom. The molecule has 1 spiro atoms. The van der Waals surface area contributed by atoms with Crippen molar-refractivity contribution in [3.05, 3.63) is 33.7 Å². The van der Waals surface area contributed by atoms with E-state index in [-0.39, 0.29) is 35.0 Å². The first kappa shape index (κ1) is 18.6. The maximum Gasteiger partial charge on any atom is 0.263 e. The van der Waals surface area contributed by atoms with Crippen molar-refractivity contribution in [2.45, 2.75) is 32.6 Å². The van der Waals surface area contributed by atoms with Crippen molar-refractivity contribution in [1.29, 1.82) is 0 Å². The summed E-state index contributed by atoms with van der Waals surface area (Å²) < 4.78 is 1.50. The summed E-state index contributed by atoms with van der Waals surface area (Å²) in [5.74, 6) is -0.157. The second kappa shape index (κ2) is 7.23. The fourth-order valence-corrected chi connectivity index (χ4v) is 4.20. The van der Waals surface area contributed by atoms with Crippen LogP contribution in [0.4, 0.5) is 0 Å². The number of hydrogen-bond donors (Lipinski definition) is 1. The third-order valence-electron chi connectivity index (χ3n) is 5.85. The van der Waals surface area contributed by atoms with E-state index in [4.69, 9.17) is 0 Å². The molecule has 0 unspecified atom stereocenters. The molecule has 0 aliphatic carbocycles. The van der Waals surface area contributed by atoms with Gasteiger partial charge in [-0.15, -0.1) is 0 Å². The quantitative estimate of drug-likeness (QED) is 0.851. The van der Waals surface area contributed by atoms with Crippen LogP contribution in [0.1, 0.15) is 41.7 Å². The number of rotatable bonds is 3. The minimum Gasteiger partial charge on any atom is -0.395 e. The van der Waals surface area contributed by atoms with Gasteiger partial charge in [-0.2, -0.15) is 0 Å². The summed E-state index contributed by atoms with van der Waals surface area (Å²) in [5.41, 5.74) is 0.615. The van der Waals surface area contributed by atoms with E-state index in [1.54, 1.807) is 29.0 Å². The smallest absolute Gasteiger partial charge is 0.263 e. The van der Waals surface area contributed by atoms with Gasteiger partial charge in [-0.25, -0.2) is 0 Å². The molecule has 1 N–H and O–H groups in total. The lowest BCUT2D eigenvalue weighted by molar-refractivity contribution is -0.139. The Morgan fingerprint density at radius 1 is 1.23 bits per heavy atom. The minimum atomic E-state index is -0.268. The Morgan fingerprint density at radius 2 is 2.00 bits per heavy atom. The van der Waals surface area contributed by atoms with Gasteiger partial charge in [0, 0.05) is 50.8 Å². The zero-order valence-electron chi connectivity index (χ0n) is 15.5. The third kappa shape index (κ3) is 3.40. The molecule has 3 heterocycles. The van der Waals surface area contributed by atoms with E-state index in [1.165, 1.54) is 4.57 Å². The number of carbonyl (C=O) groups is 2. The van der Waals surface area contributed by atoms with Crippen LogP contribution in [0.25, 0.3) is 0 Å². The fourth-order valence-electron chi connectivity index (χ4n) is 4.20. The highest BCUT2D eigenvalue weighted by Gasteiger charge is 2.42. The van der Waals surface area contributed by atoms with Gasteiger partial charge < -0.3 is 19.5 Å². The van der Waals surface area contributed by atoms with Crippen LogP contribution >= 0.6 is 0 Å². The molecular formula is C19H27N3O4. The lowest BCUT2D eigenvalue weighted by atomic mass is 9.73. The van der Waals surface area contributed by atoms with Crippen LogP contribution in [-0.2, 0) is 11.8 Å². The highest BCUT2D eigenvalue weighted by atomic mass is 16.3. The van der Waals surface area contributed by atoms with E-state index in [0.29, 0.717) is 32.6 Å². The molecule has 0 aromatic carbocycles. The van der Waals surface area contributed by atoms with E-state index in [2.05, 4.69) is 0 Å². The number of pyridine rings is 1. The lowest BCUT2D eigenvalue weighted by Gasteiger charge is -2.48.